The van der Waals surface area contributed by atoms with Crippen LogP contribution in [0.5, 0.6) is 11.5 Å². The van der Waals surface area contributed by atoms with Crippen molar-refractivity contribution in [1.82, 2.24) is 4.98 Å². The number of fused-ring (bicyclic) bond motifs is 5. The Morgan fingerprint density at radius 2 is 1.64 bits per heavy atom. The lowest BCUT2D eigenvalue weighted by Gasteiger charge is -2.32. The van der Waals surface area contributed by atoms with Crippen molar-refractivity contribution in [1.29, 1.82) is 0 Å². The van der Waals surface area contributed by atoms with E-state index >= 15 is 0 Å². The fourth-order valence-corrected chi connectivity index (χ4v) is 4.37. The van der Waals surface area contributed by atoms with Gasteiger partial charge in [0.15, 0.2) is 6.10 Å². The van der Waals surface area contributed by atoms with Gasteiger partial charge in [-0.15, -0.1) is 0 Å². The van der Waals surface area contributed by atoms with Crippen LogP contribution in [0.1, 0.15) is 34.1 Å². The summed E-state index contributed by atoms with van der Waals surface area (Å²) in [5.41, 5.74) is 7.99. The van der Waals surface area contributed by atoms with Gasteiger partial charge in [-0.25, -0.2) is 4.98 Å². The molecule has 1 aliphatic rings. The third kappa shape index (κ3) is 2.32. The molecule has 0 fully saturated rings. The minimum atomic E-state index is -0.254. The van der Waals surface area contributed by atoms with Crippen LogP contribution in [-0.2, 0) is 0 Å². The molecule has 3 heteroatoms. The normalized spacial score (nSPS) is 15.0. The molecule has 138 valence electrons. The summed E-state index contributed by atoms with van der Waals surface area (Å²) in [5.74, 6) is 1.14. The minimum Gasteiger partial charge on any atom is -0.506 e. The number of hydrogen-bond donors (Lipinski definition) is 1. The van der Waals surface area contributed by atoms with Gasteiger partial charge >= 0.3 is 0 Å². The zero-order chi connectivity index (χ0) is 19.4. The first-order valence-corrected chi connectivity index (χ1v) is 9.50. The van der Waals surface area contributed by atoms with E-state index in [1.54, 1.807) is 0 Å². The lowest BCUT2D eigenvalue weighted by Crippen LogP contribution is -2.17. The van der Waals surface area contributed by atoms with Crippen LogP contribution >= 0.6 is 0 Å². The van der Waals surface area contributed by atoms with Crippen molar-refractivity contribution in [2.24, 2.45) is 0 Å². The van der Waals surface area contributed by atoms with E-state index in [9.17, 15) is 5.11 Å². The fraction of sp³-hybridized carbons (Fsp3) is 0.160. The number of para-hydroxylation sites is 1. The first-order chi connectivity index (χ1) is 13.6. The number of rotatable bonds is 1. The number of benzene rings is 3. The van der Waals surface area contributed by atoms with Gasteiger partial charge in [-0.2, -0.15) is 0 Å². The SMILES string of the molecule is Cc1cc2nc(C)c(O)c(C)c2c2c1-c1ccccc1OC2c1ccccc1. The van der Waals surface area contributed by atoms with E-state index in [1.165, 1.54) is 5.56 Å². The highest BCUT2D eigenvalue weighted by molar-refractivity contribution is 5.97. The Balaban J connectivity index is 1.96. The standard InChI is InChI=1S/C25H21NO2/c1-14-13-19-22(15(2)24(27)16(3)26-19)23-21(14)18-11-7-8-12-20(18)28-25(23)17-9-5-4-6-10-17/h4-13,25,27H,1-3H3. The number of aryl methyl sites for hydroxylation is 3. The molecule has 3 aromatic carbocycles. The monoisotopic (exact) mass is 367 g/mol. The van der Waals surface area contributed by atoms with E-state index in [0.717, 1.165) is 44.5 Å². The predicted molar refractivity (Wildman–Crippen MR) is 112 cm³/mol. The molecule has 0 aliphatic carbocycles. The predicted octanol–water partition coefficient (Wildman–Crippen LogP) is 6.01. The molecule has 5 rings (SSSR count). The molecule has 0 bridgehead atoms. The van der Waals surface area contributed by atoms with Gasteiger partial charge in [-0.05, 0) is 49.6 Å². The molecule has 0 amide bonds. The van der Waals surface area contributed by atoms with Crippen molar-refractivity contribution < 1.29 is 9.84 Å². The van der Waals surface area contributed by atoms with E-state index in [0.29, 0.717) is 5.69 Å². The quantitative estimate of drug-likeness (QED) is 0.448. The maximum atomic E-state index is 10.6. The molecule has 0 saturated carbocycles. The summed E-state index contributed by atoms with van der Waals surface area (Å²) in [7, 11) is 0. The Morgan fingerprint density at radius 3 is 2.43 bits per heavy atom. The first kappa shape index (κ1) is 16.8. The first-order valence-electron chi connectivity index (χ1n) is 9.50. The Bertz CT molecular complexity index is 1230. The van der Waals surface area contributed by atoms with E-state index in [4.69, 9.17) is 4.74 Å². The third-order valence-electron chi connectivity index (χ3n) is 5.67. The molecule has 1 aromatic heterocycles. The van der Waals surface area contributed by atoms with Crippen LogP contribution in [0.25, 0.3) is 22.0 Å². The van der Waals surface area contributed by atoms with E-state index < -0.39 is 0 Å². The van der Waals surface area contributed by atoms with Crippen molar-refractivity contribution in [3.63, 3.8) is 0 Å². The van der Waals surface area contributed by atoms with Crippen LogP contribution < -0.4 is 4.74 Å². The van der Waals surface area contributed by atoms with E-state index in [1.807, 2.05) is 50.2 Å². The molecule has 1 N–H and O–H groups in total. The molecule has 28 heavy (non-hydrogen) atoms. The Hall–Kier alpha value is -3.33. The number of nitrogens with zero attached hydrogens (tertiary/aromatic N) is 1. The molecule has 1 unspecified atom stereocenters. The molecule has 0 saturated heterocycles. The van der Waals surface area contributed by atoms with E-state index in [2.05, 4.69) is 36.2 Å². The number of ether oxygens (including phenoxy) is 1. The average Bonchev–Trinajstić information content (AvgIpc) is 2.71. The topological polar surface area (TPSA) is 42.4 Å². The largest absolute Gasteiger partial charge is 0.506 e. The van der Waals surface area contributed by atoms with Crippen molar-refractivity contribution in [3.05, 3.63) is 88.6 Å². The molecule has 0 radical (unpaired) electrons. The second-order valence-corrected chi connectivity index (χ2v) is 7.45. The second-order valence-electron chi connectivity index (χ2n) is 7.45. The Morgan fingerprint density at radius 1 is 0.929 bits per heavy atom. The van der Waals surface area contributed by atoms with Crippen molar-refractivity contribution in [2.45, 2.75) is 26.9 Å². The molecule has 4 aromatic rings. The third-order valence-corrected chi connectivity index (χ3v) is 5.67. The zero-order valence-electron chi connectivity index (χ0n) is 16.2. The molecule has 2 heterocycles. The molecular weight excluding hydrogens is 346 g/mol. The smallest absolute Gasteiger partial charge is 0.150 e. The summed E-state index contributed by atoms with van der Waals surface area (Å²) in [6.45, 7) is 5.93. The van der Waals surface area contributed by atoms with Gasteiger partial charge in [0, 0.05) is 22.1 Å². The maximum absolute atomic E-state index is 10.6. The highest BCUT2D eigenvalue weighted by Gasteiger charge is 2.32. The zero-order valence-corrected chi connectivity index (χ0v) is 16.2. The van der Waals surface area contributed by atoms with Crippen LogP contribution in [0.3, 0.4) is 0 Å². The van der Waals surface area contributed by atoms with Crippen LogP contribution in [0, 0.1) is 20.8 Å². The molecule has 0 spiro atoms. The molecule has 3 nitrogen and oxygen atoms in total. The van der Waals surface area contributed by atoms with Gasteiger partial charge in [-0.3, -0.25) is 0 Å². The summed E-state index contributed by atoms with van der Waals surface area (Å²) in [5, 5.41) is 11.6. The molecule has 1 aliphatic heterocycles. The molecule has 1 atom stereocenters. The van der Waals surface area contributed by atoms with Gasteiger partial charge in [-0.1, -0.05) is 48.5 Å². The van der Waals surface area contributed by atoms with Crippen molar-refractivity contribution >= 4 is 10.9 Å². The second kappa shape index (κ2) is 6.10. The lowest BCUT2D eigenvalue weighted by molar-refractivity contribution is 0.245. The van der Waals surface area contributed by atoms with Crippen LogP contribution in [-0.4, -0.2) is 10.1 Å². The summed E-state index contributed by atoms with van der Waals surface area (Å²) in [6, 6.07) is 20.5. The number of hydrogen-bond acceptors (Lipinski definition) is 3. The minimum absolute atomic E-state index is 0.254. The van der Waals surface area contributed by atoms with Gasteiger partial charge in [0.05, 0.1) is 11.2 Å². The maximum Gasteiger partial charge on any atom is 0.150 e. The van der Waals surface area contributed by atoms with Gasteiger partial charge in [0.2, 0.25) is 0 Å². The summed E-state index contributed by atoms with van der Waals surface area (Å²) in [4.78, 5) is 4.68. The fourth-order valence-electron chi connectivity index (χ4n) is 4.37. The van der Waals surface area contributed by atoms with Gasteiger partial charge < -0.3 is 9.84 Å². The number of aromatic hydroxyl groups is 1. The number of aromatic nitrogens is 1. The summed E-state index contributed by atoms with van der Waals surface area (Å²) in [6.07, 6.45) is -0.254. The number of pyridine rings is 1. The van der Waals surface area contributed by atoms with Crippen molar-refractivity contribution in [3.8, 4) is 22.6 Å². The lowest BCUT2D eigenvalue weighted by atomic mass is 9.83. The van der Waals surface area contributed by atoms with Crippen LogP contribution in [0.2, 0.25) is 0 Å². The van der Waals surface area contributed by atoms with Gasteiger partial charge in [0.25, 0.3) is 0 Å². The Labute approximate surface area is 164 Å². The van der Waals surface area contributed by atoms with Crippen LogP contribution in [0.4, 0.5) is 0 Å². The highest BCUT2D eigenvalue weighted by Crippen LogP contribution is 2.50. The Kier molecular flexibility index (Phi) is 3.66. The summed E-state index contributed by atoms with van der Waals surface area (Å²) < 4.78 is 6.52. The summed E-state index contributed by atoms with van der Waals surface area (Å²) >= 11 is 0. The van der Waals surface area contributed by atoms with Crippen molar-refractivity contribution in [2.75, 3.05) is 0 Å². The van der Waals surface area contributed by atoms with E-state index in [-0.39, 0.29) is 11.9 Å². The average molecular weight is 367 g/mol. The molecular formula is C25H21NO2. The highest BCUT2D eigenvalue weighted by atomic mass is 16.5. The van der Waals surface area contributed by atoms with Gasteiger partial charge in [0.1, 0.15) is 11.5 Å². The van der Waals surface area contributed by atoms with Crippen LogP contribution in [0.15, 0.2) is 60.7 Å².